The number of esters is 1. The highest BCUT2D eigenvalue weighted by atomic mass is 79.9. The number of ether oxygens (including phenoxy) is 3. The molecule has 0 fully saturated rings. The van der Waals surface area contributed by atoms with Gasteiger partial charge in [0.05, 0.1) is 38.4 Å². The van der Waals surface area contributed by atoms with E-state index in [-0.39, 0.29) is 36.3 Å². The number of aliphatic hydroxyl groups is 3. The van der Waals surface area contributed by atoms with Crippen molar-refractivity contribution in [2.75, 3.05) is 13.7 Å². The van der Waals surface area contributed by atoms with E-state index < -0.39 is 0 Å². The van der Waals surface area contributed by atoms with Gasteiger partial charge in [-0.25, -0.2) is 0 Å². The number of rotatable bonds is 7. The van der Waals surface area contributed by atoms with Gasteiger partial charge in [-0.15, -0.1) is 0 Å². The minimum absolute atomic E-state index is 0.0577. The van der Waals surface area contributed by atoms with Gasteiger partial charge in [-0.05, 0) is 143 Å². The molecule has 3 N–H and O–H groups in total. The second kappa shape index (κ2) is 21.1. The minimum atomic E-state index is -0.255. The Kier molecular flexibility index (Phi) is 15.5. The van der Waals surface area contributed by atoms with Crippen LogP contribution in [0.1, 0.15) is 176 Å². The fourth-order valence-electron chi connectivity index (χ4n) is 10.1. The molecule has 64 heavy (non-hydrogen) atoms. The van der Waals surface area contributed by atoms with Gasteiger partial charge in [-0.1, -0.05) is 129 Å². The quantitative estimate of drug-likeness (QED) is 0.140. The van der Waals surface area contributed by atoms with Gasteiger partial charge in [-0.2, -0.15) is 0 Å². The Morgan fingerprint density at radius 2 is 1.20 bits per heavy atom. The van der Waals surface area contributed by atoms with E-state index in [1.165, 1.54) is 51.6 Å². The average molecular weight is 930 g/mol. The van der Waals surface area contributed by atoms with Crippen LogP contribution in [0.4, 0.5) is 0 Å². The van der Waals surface area contributed by atoms with Gasteiger partial charge in [0, 0.05) is 22.0 Å². The summed E-state index contributed by atoms with van der Waals surface area (Å²) in [5.74, 6) is 2.58. The molecule has 7 nitrogen and oxygen atoms in total. The van der Waals surface area contributed by atoms with E-state index in [0.717, 1.165) is 95.2 Å². The molecule has 8 heteroatoms. The third-order valence-corrected chi connectivity index (χ3v) is 14.2. The van der Waals surface area contributed by atoms with Crippen molar-refractivity contribution < 1.29 is 34.3 Å². The molecular weight excluding hydrogens is 865 g/mol. The first-order chi connectivity index (χ1) is 30.7. The highest BCUT2D eigenvalue weighted by molar-refractivity contribution is 9.10. The first-order valence-electron chi connectivity index (χ1n) is 23.1. The molecule has 1 heterocycles. The van der Waals surface area contributed by atoms with E-state index in [1.807, 2.05) is 55.5 Å². The predicted molar refractivity (Wildman–Crippen MR) is 259 cm³/mol. The number of carbonyl (C=O) groups is 1. The van der Waals surface area contributed by atoms with Crippen LogP contribution in [-0.2, 0) is 35.2 Å². The standard InChI is InChI=1S/C23H26O4.C12H16O.C12H14O.C9H9BrO/c1-14(2)17-5-4-6-20-19(17)9-10-21(20)27-16-7-8-18-15(11-23(24)25-3)13-26-22(18)12-16;2*1-8(2)9-4-3-5-11-10(9)6-7-12(11)13;10-8-3-1-2-7-6(8)4-5-9(7)11/h4-8,12,14-15,21H,9-11,13H2,1-3H3;3-5,8,12-13H,6-7H2,1-2H3;3-5,12-13H,1,6-7H2,2H3;1-3,9,11H,4-5H2/t15-,21-;2*12-;9-/m1000/s1. The molecule has 0 aromatic heterocycles. The maximum atomic E-state index is 11.6. The van der Waals surface area contributed by atoms with Crippen LogP contribution in [0.25, 0.3) is 5.57 Å². The lowest BCUT2D eigenvalue weighted by molar-refractivity contribution is -0.141. The van der Waals surface area contributed by atoms with E-state index in [2.05, 4.69) is 92.7 Å². The molecule has 5 aliphatic rings. The summed E-state index contributed by atoms with van der Waals surface area (Å²) in [6.07, 6.45) is 7.46. The first-order valence-corrected chi connectivity index (χ1v) is 23.9. The zero-order valence-corrected chi connectivity index (χ0v) is 39.9. The Hall–Kier alpha value is -4.73. The maximum absolute atomic E-state index is 11.6. The van der Waals surface area contributed by atoms with Crippen LogP contribution >= 0.6 is 15.9 Å². The maximum Gasteiger partial charge on any atom is 0.306 e. The number of hydrogen-bond donors (Lipinski definition) is 3. The second-order valence-corrected chi connectivity index (χ2v) is 19.3. The molecule has 10 rings (SSSR count). The molecule has 0 bridgehead atoms. The molecule has 338 valence electrons. The fraction of sp³-hybridized carbons (Fsp3) is 0.411. The van der Waals surface area contributed by atoms with Gasteiger partial charge in [0.15, 0.2) is 0 Å². The van der Waals surface area contributed by atoms with Gasteiger partial charge in [-0.3, -0.25) is 4.79 Å². The molecule has 0 saturated heterocycles. The van der Waals surface area contributed by atoms with Crippen LogP contribution in [-0.4, -0.2) is 35.0 Å². The van der Waals surface area contributed by atoms with Crippen LogP contribution in [0.2, 0.25) is 0 Å². The van der Waals surface area contributed by atoms with Crippen molar-refractivity contribution in [3.05, 3.63) is 169 Å². The van der Waals surface area contributed by atoms with Gasteiger partial charge in [0.2, 0.25) is 0 Å². The smallest absolute Gasteiger partial charge is 0.306 e. The summed E-state index contributed by atoms with van der Waals surface area (Å²) in [6, 6.07) is 30.9. The zero-order chi connectivity index (χ0) is 45.7. The Bertz CT molecular complexity index is 2450. The summed E-state index contributed by atoms with van der Waals surface area (Å²) in [7, 11) is 1.42. The Balaban J connectivity index is 0.000000139. The summed E-state index contributed by atoms with van der Waals surface area (Å²) in [5, 5.41) is 28.8. The van der Waals surface area contributed by atoms with E-state index in [1.54, 1.807) is 0 Å². The van der Waals surface area contributed by atoms with Crippen LogP contribution in [0.15, 0.2) is 102 Å². The van der Waals surface area contributed by atoms with Gasteiger partial charge >= 0.3 is 5.97 Å². The number of halogens is 1. The number of allylic oxidation sites excluding steroid dienone is 1. The molecule has 0 unspecified atom stereocenters. The van der Waals surface area contributed by atoms with Gasteiger partial charge in [0.25, 0.3) is 0 Å². The normalized spacial score (nSPS) is 20.5. The number of benzene rings is 5. The van der Waals surface area contributed by atoms with Gasteiger partial charge < -0.3 is 29.5 Å². The van der Waals surface area contributed by atoms with Crippen LogP contribution < -0.4 is 9.47 Å². The third kappa shape index (κ3) is 10.5. The molecule has 4 aliphatic carbocycles. The topological polar surface area (TPSA) is 105 Å². The lowest BCUT2D eigenvalue weighted by atomic mass is 9.94. The largest absolute Gasteiger partial charge is 0.492 e. The van der Waals surface area contributed by atoms with Crippen molar-refractivity contribution >= 4 is 27.5 Å². The lowest BCUT2D eigenvalue weighted by Crippen LogP contribution is -2.09. The molecule has 0 radical (unpaired) electrons. The van der Waals surface area contributed by atoms with Gasteiger partial charge in [0.1, 0.15) is 17.6 Å². The van der Waals surface area contributed by atoms with E-state index >= 15 is 0 Å². The summed E-state index contributed by atoms with van der Waals surface area (Å²) in [5.41, 5.74) is 16.3. The third-order valence-electron chi connectivity index (χ3n) is 13.4. The van der Waals surface area contributed by atoms with Crippen molar-refractivity contribution in [1.29, 1.82) is 0 Å². The number of fused-ring (bicyclic) bond motifs is 5. The lowest BCUT2D eigenvalue weighted by Gasteiger charge is -2.17. The molecule has 5 atom stereocenters. The Morgan fingerprint density at radius 1 is 0.688 bits per heavy atom. The molecular formula is C56H65BrO7. The molecule has 5 aromatic rings. The molecule has 0 amide bonds. The summed E-state index contributed by atoms with van der Waals surface area (Å²) < 4.78 is 18.0. The minimum Gasteiger partial charge on any atom is -0.492 e. The summed E-state index contributed by atoms with van der Waals surface area (Å²) >= 11 is 3.46. The predicted octanol–water partition coefficient (Wildman–Crippen LogP) is 12.8. The van der Waals surface area contributed by atoms with Crippen molar-refractivity contribution in [3.63, 3.8) is 0 Å². The zero-order valence-electron chi connectivity index (χ0n) is 38.3. The SMILES string of the molecule is C=C(C)c1cccc2c1CC[C@@H]2O.CC(C)c1cccc2c1CC[C@@H]2O.COC(=O)C[C@@H]1COc2cc(O[C@@H]3CCc4c(C(C)C)cccc43)ccc21.O[C@H]1CCc2c(Br)cccc21. The summed E-state index contributed by atoms with van der Waals surface area (Å²) in [4.78, 5) is 11.6. The number of hydrogen-bond acceptors (Lipinski definition) is 7. The highest BCUT2D eigenvalue weighted by Gasteiger charge is 2.30. The first kappa shape index (κ1) is 47.2. The number of carbonyl (C=O) groups excluding carboxylic acids is 1. The Morgan fingerprint density at radius 3 is 1.80 bits per heavy atom. The van der Waals surface area contributed by atoms with E-state index in [0.29, 0.717) is 24.9 Å². The molecule has 5 aromatic carbocycles. The average Bonchev–Trinajstić information content (AvgIpc) is 4.14. The monoisotopic (exact) mass is 928 g/mol. The Labute approximate surface area is 388 Å². The summed E-state index contributed by atoms with van der Waals surface area (Å²) in [6.45, 7) is 15.4. The van der Waals surface area contributed by atoms with Crippen LogP contribution in [0, 0.1) is 0 Å². The van der Waals surface area contributed by atoms with Crippen LogP contribution in [0.5, 0.6) is 11.5 Å². The number of methoxy groups -OCH3 is 1. The van der Waals surface area contributed by atoms with Crippen LogP contribution in [0.3, 0.4) is 0 Å². The number of aliphatic hydroxyl groups excluding tert-OH is 3. The van der Waals surface area contributed by atoms with Crippen molar-refractivity contribution in [2.24, 2.45) is 0 Å². The van der Waals surface area contributed by atoms with E-state index in [9.17, 15) is 20.1 Å². The van der Waals surface area contributed by atoms with E-state index in [4.69, 9.17) is 14.2 Å². The highest BCUT2D eigenvalue weighted by Crippen LogP contribution is 2.43. The van der Waals surface area contributed by atoms with Crippen molar-refractivity contribution in [2.45, 2.75) is 135 Å². The van der Waals surface area contributed by atoms with Crippen molar-refractivity contribution in [1.82, 2.24) is 0 Å². The second-order valence-electron chi connectivity index (χ2n) is 18.4. The van der Waals surface area contributed by atoms with Crippen molar-refractivity contribution in [3.8, 4) is 11.5 Å². The molecule has 0 saturated carbocycles. The fourth-order valence-corrected chi connectivity index (χ4v) is 10.7. The molecule has 0 spiro atoms. The molecule has 1 aliphatic heterocycles.